The number of benzene rings is 2. The molecule has 0 unspecified atom stereocenters. The van der Waals surface area contributed by atoms with E-state index in [1.54, 1.807) is 36.4 Å². The van der Waals surface area contributed by atoms with Crippen molar-refractivity contribution in [2.45, 2.75) is 13.8 Å². The third-order valence-electron chi connectivity index (χ3n) is 5.80. The number of para-hydroxylation sites is 1. The molecule has 182 valence electrons. The quantitative estimate of drug-likeness (QED) is 0.399. The molecule has 0 radical (unpaired) electrons. The number of rotatable bonds is 6. The SMILES string of the molecule is CC(C)C(=O)N1CCN(c2c(Cl)cccc2NC(=O)/C=C/c2ccc(-c3ccc(Cl)cc3)o2)CC1. The average molecular weight is 512 g/mol. The number of furan rings is 1. The second kappa shape index (κ2) is 11.0. The van der Waals surface area contributed by atoms with Crippen LogP contribution in [0.2, 0.25) is 10.0 Å². The molecule has 2 heterocycles. The highest BCUT2D eigenvalue weighted by molar-refractivity contribution is 6.34. The fraction of sp³-hybridized carbons (Fsp3) is 0.259. The Labute approximate surface area is 215 Å². The predicted octanol–water partition coefficient (Wildman–Crippen LogP) is 6.21. The van der Waals surface area contributed by atoms with E-state index in [0.717, 1.165) is 11.3 Å². The van der Waals surface area contributed by atoms with E-state index in [9.17, 15) is 9.59 Å². The molecule has 0 atom stereocenters. The molecule has 0 spiro atoms. The summed E-state index contributed by atoms with van der Waals surface area (Å²) in [4.78, 5) is 29.0. The van der Waals surface area contributed by atoms with Crippen molar-refractivity contribution in [2.24, 2.45) is 5.92 Å². The molecular weight excluding hydrogens is 485 g/mol. The van der Waals surface area contributed by atoms with E-state index in [0.29, 0.717) is 53.4 Å². The fourth-order valence-corrected chi connectivity index (χ4v) is 4.42. The number of halogens is 2. The van der Waals surface area contributed by atoms with Crippen LogP contribution < -0.4 is 10.2 Å². The zero-order chi connectivity index (χ0) is 24.9. The van der Waals surface area contributed by atoms with Gasteiger partial charge in [-0.25, -0.2) is 0 Å². The van der Waals surface area contributed by atoms with Crippen molar-refractivity contribution in [3.8, 4) is 11.3 Å². The topological polar surface area (TPSA) is 65.8 Å². The summed E-state index contributed by atoms with van der Waals surface area (Å²) in [5, 5.41) is 4.13. The van der Waals surface area contributed by atoms with Crippen molar-refractivity contribution in [3.05, 3.63) is 76.5 Å². The summed E-state index contributed by atoms with van der Waals surface area (Å²) >= 11 is 12.5. The second-order valence-corrected chi connectivity index (χ2v) is 9.48. The highest BCUT2D eigenvalue weighted by Crippen LogP contribution is 2.35. The van der Waals surface area contributed by atoms with Gasteiger partial charge in [0.1, 0.15) is 11.5 Å². The van der Waals surface area contributed by atoms with E-state index < -0.39 is 0 Å². The minimum absolute atomic E-state index is 0.0278. The molecule has 0 saturated carbocycles. The molecule has 2 amide bonds. The van der Waals surface area contributed by atoms with Gasteiger partial charge in [0.25, 0.3) is 0 Å². The number of amides is 2. The molecule has 4 rings (SSSR count). The smallest absolute Gasteiger partial charge is 0.248 e. The number of piperazine rings is 1. The lowest BCUT2D eigenvalue weighted by atomic mass is 10.1. The van der Waals surface area contributed by atoms with E-state index in [1.807, 2.05) is 43.0 Å². The maximum absolute atomic E-state index is 12.7. The molecule has 1 aliphatic rings. The molecule has 0 aliphatic carbocycles. The Morgan fingerprint density at radius 1 is 0.971 bits per heavy atom. The Balaban J connectivity index is 1.42. The first-order valence-electron chi connectivity index (χ1n) is 11.5. The number of hydrogen-bond donors (Lipinski definition) is 1. The third kappa shape index (κ3) is 6.08. The highest BCUT2D eigenvalue weighted by Gasteiger charge is 2.25. The van der Waals surface area contributed by atoms with Gasteiger partial charge in [0.05, 0.1) is 16.4 Å². The standard InChI is InChI=1S/C27H27Cl2N3O3/c1-18(2)27(34)32-16-14-31(15-17-32)26-22(29)4-3-5-23(26)30-25(33)13-11-21-10-12-24(35-21)19-6-8-20(28)9-7-19/h3-13,18H,14-17H2,1-2H3,(H,30,33)/b13-11+. The Bertz CT molecular complexity index is 1230. The molecule has 1 fully saturated rings. The summed E-state index contributed by atoms with van der Waals surface area (Å²) in [7, 11) is 0. The molecular formula is C27H27Cl2N3O3. The molecule has 3 aromatic rings. The summed E-state index contributed by atoms with van der Waals surface area (Å²) in [6.07, 6.45) is 3.05. The van der Waals surface area contributed by atoms with Gasteiger partial charge in [-0.2, -0.15) is 0 Å². The second-order valence-electron chi connectivity index (χ2n) is 8.63. The van der Waals surface area contributed by atoms with Gasteiger partial charge in [-0.15, -0.1) is 0 Å². The van der Waals surface area contributed by atoms with E-state index in [-0.39, 0.29) is 17.7 Å². The minimum Gasteiger partial charge on any atom is -0.457 e. The van der Waals surface area contributed by atoms with Crippen LogP contribution in [-0.4, -0.2) is 42.9 Å². The first-order chi connectivity index (χ1) is 16.8. The Morgan fingerprint density at radius 3 is 2.37 bits per heavy atom. The molecule has 8 heteroatoms. The number of nitrogens with zero attached hydrogens (tertiary/aromatic N) is 2. The van der Waals surface area contributed by atoms with Crippen LogP contribution in [0.1, 0.15) is 19.6 Å². The highest BCUT2D eigenvalue weighted by atomic mass is 35.5. The first-order valence-corrected chi connectivity index (χ1v) is 12.2. The summed E-state index contributed by atoms with van der Waals surface area (Å²) in [5.74, 6) is 1.07. The van der Waals surface area contributed by atoms with Crippen molar-refractivity contribution >= 4 is 52.5 Å². The maximum Gasteiger partial charge on any atom is 0.248 e. The zero-order valence-electron chi connectivity index (χ0n) is 19.6. The molecule has 1 aliphatic heterocycles. The Morgan fingerprint density at radius 2 is 1.69 bits per heavy atom. The number of nitrogens with one attached hydrogen (secondary N) is 1. The molecule has 35 heavy (non-hydrogen) atoms. The summed E-state index contributed by atoms with van der Waals surface area (Å²) in [6.45, 7) is 6.33. The van der Waals surface area contributed by atoms with Crippen LogP contribution in [0.3, 0.4) is 0 Å². The van der Waals surface area contributed by atoms with E-state index in [1.165, 1.54) is 6.08 Å². The minimum atomic E-state index is -0.299. The van der Waals surface area contributed by atoms with Crippen molar-refractivity contribution in [2.75, 3.05) is 36.4 Å². The van der Waals surface area contributed by atoms with Crippen LogP contribution in [0.15, 0.2) is 65.1 Å². The number of carbonyl (C=O) groups excluding carboxylic acids is 2. The van der Waals surface area contributed by atoms with Gasteiger partial charge in [-0.05, 0) is 54.6 Å². The van der Waals surface area contributed by atoms with Gasteiger partial charge in [0.15, 0.2) is 0 Å². The van der Waals surface area contributed by atoms with Crippen LogP contribution in [-0.2, 0) is 9.59 Å². The average Bonchev–Trinajstić information content (AvgIpc) is 3.32. The lowest BCUT2D eigenvalue weighted by Crippen LogP contribution is -2.50. The largest absolute Gasteiger partial charge is 0.457 e. The van der Waals surface area contributed by atoms with Gasteiger partial charge in [0.2, 0.25) is 11.8 Å². The molecule has 2 aromatic carbocycles. The molecule has 1 aromatic heterocycles. The fourth-order valence-electron chi connectivity index (χ4n) is 4.00. The summed E-state index contributed by atoms with van der Waals surface area (Å²) < 4.78 is 5.82. The summed E-state index contributed by atoms with van der Waals surface area (Å²) in [6, 6.07) is 16.4. The van der Waals surface area contributed by atoms with Crippen LogP contribution in [0.4, 0.5) is 11.4 Å². The van der Waals surface area contributed by atoms with Crippen molar-refractivity contribution in [1.29, 1.82) is 0 Å². The van der Waals surface area contributed by atoms with Crippen LogP contribution >= 0.6 is 23.2 Å². The number of carbonyl (C=O) groups is 2. The summed E-state index contributed by atoms with van der Waals surface area (Å²) in [5.41, 5.74) is 2.28. The van der Waals surface area contributed by atoms with Crippen molar-refractivity contribution < 1.29 is 14.0 Å². The molecule has 1 N–H and O–H groups in total. The Hall–Kier alpha value is -3.22. The molecule has 0 bridgehead atoms. The lowest BCUT2D eigenvalue weighted by molar-refractivity contribution is -0.134. The van der Waals surface area contributed by atoms with Gasteiger partial charge < -0.3 is 19.5 Å². The van der Waals surface area contributed by atoms with E-state index in [4.69, 9.17) is 27.6 Å². The van der Waals surface area contributed by atoms with E-state index >= 15 is 0 Å². The van der Waals surface area contributed by atoms with Gasteiger partial charge in [-0.3, -0.25) is 9.59 Å². The lowest BCUT2D eigenvalue weighted by Gasteiger charge is -2.38. The van der Waals surface area contributed by atoms with E-state index in [2.05, 4.69) is 10.2 Å². The monoisotopic (exact) mass is 511 g/mol. The third-order valence-corrected chi connectivity index (χ3v) is 6.36. The number of anilines is 2. The van der Waals surface area contributed by atoms with Crippen LogP contribution in [0.25, 0.3) is 17.4 Å². The van der Waals surface area contributed by atoms with Gasteiger partial charge in [-0.1, -0.05) is 43.1 Å². The van der Waals surface area contributed by atoms with Gasteiger partial charge in [0, 0.05) is 48.8 Å². The maximum atomic E-state index is 12.7. The predicted molar refractivity (Wildman–Crippen MR) is 142 cm³/mol. The molecule has 6 nitrogen and oxygen atoms in total. The van der Waals surface area contributed by atoms with Crippen LogP contribution in [0, 0.1) is 5.92 Å². The normalized spacial score (nSPS) is 14.1. The Kier molecular flexibility index (Phi) is 7.83. The first kappa shape index (κ1) is 24.9. The van der Waals surface area contributed by atoms with Crippen LogP contribution in [0.5, 0.6) is 0 Å². The van der Waals surface area contributed by atoms with Crippen molar-refractivity contribution in [1.82, 2.24) is 4.90 Å². The molecule has 1 saturated heterocycles. The van der Waals surface area contributed by atoms with Gasteiger partial charge >= 0.3 is 0 Å². The zero-order valence-corrected chi connectivity index (χ0v) is 21.1. The van der Waals surface area contributed by atoms with Crippen molar-refractivity contribution in [3.63, 3.8) is 0 Å². The number of hydrogen-bond acceptors (Lipinski definition) is 4.